The van der Waals surface area contributed by atoms with E-state index in [-0.39, 0.29) is 40.7 Å². The second kappa shape index (κ2) is 6.61. The van der Waals surface area contributed by atoms with Crippen molar-refractivity contribution in [2.75, 3.05) is 19.7 Å². The van der Waals surface area contributed by atoms with Gasteiger partial charge in [0, 0.05) is 23.5 Å². The number of hydrogen-bond acceptors (Lipinski definition) is 7. The number of carboxylic acid groups (broad SMARTS) is 2. The van der Waals surface area contributed by atoms with Crippen molar-refractivity contribution in [3.63, 3.8) is 0 Å². The van der Waals surface area contributed by atoms with Gasteiger partial charge in [0.15, 0.2) is 0 Å². The number of aliphatic hydroxyl groups excluding tert-OH is 1. The van der Waals surface area contributed by atoms with Crippen LogP contribution in [0.2, 0.25) is 4.34 Å². The Morgan fingerprint density at radius 2 is 1.93 bits per heavy atom. The molecule has 1 spiro atoms. The lowest BCUT2D eigenvalue weighted by Crippen LogP contribution is -2.67. The van der Waals surface area contributed by atoms with Crippen LogP contribution >= 0.6 is 22.9 Å². The summed E-state index contributed by atoms with van der Waals surface area (Å²) < 4.78 is 33.8. The van der Waals surface area contributed by atoms with Gasteiger partial charge in [-0.15, -0.1) is 11.3 Å². The number of piperidine rings is 1. The third kappa shape index (κ3) is 3.12. The first kappa shape index (κ1) is 20.4. The van der Waals surface area contributed by atoms with Crippen LogP contribution in [0.3, 0.4) is 0 Å². The fourth-order valence-corrected chi connectivity index (χ4v) is 5.00. The van der Waals surface area contributed by atoms with Gasteiger partial charge in [-0.1, -0.05) is 11.6 Å². The number of aliphatic hydroxyl groups is 2. The van der Waals surface area contributed by atoms with Gasteiger partial charge in [-0.2, -0.15) is 8.78 Å². The number of ether oxygens (including phenoxy) is 1. The Kier molecular flexibility index (Phi) is 4.98. The fourth-order valence-electron chi connectivity index (χ4n) is 3.52. The molecule has 0 radical (unpaired) electrons. The van der Waals surface area contributed by atoms with E-state index < -0.39 is 41.9 Å². The predicted molar refractivity (Wildman–Crippen MR) is 87.9 cm³/mol. The van der Waals surface area contributed by atoms with Gasteiger partial charge in [0.25, 0.3) is 11.6 Å². The first-order valence-electron chi connectivity index (χ1n) is 7.88. The first-order valence-corrected chi connectivity index (χ1v) is 9.07. The minimum Gasteiger partial charge on any atom is -0.479 e. The lowest BCUT2D eigenvalue weighted by molar-refractivity contribution is -0.232. The van der Waals surface area contributed by atoms with Gasteiger partial charge in [-0.05, 0) is 18.9 Å². The van der Waals surface area contributed by atoms with E-state index in [0.29, 0.717) is 0 Å². The fraction of sp³-hybridized carbons (Fsp3) is 0.600. The minimum atomic E-state index is -3.21. The van der Waals surface area contributed by atoms with Gasteiger partial charge in [0.2, 0.25) is 6.10 Å². The van der Waals surface area contributed by atoms with Crippen molar-refractivity contribution >= 4 is 34.9 Å². The van der Waals surface area contributed by atoms with Crippen LogP contribution in [0.5, 0.6) is 0 Å². The smallest absolute Gasteiger partial charge is 0.355 e. The van der Waals surface area contributed by atoms with Gasteiger partial charge in [-0.25, -0.2) is 9.59 Å². The van der Waals surface area contributed by atoms with Gasteiger partial charge in [0.05, 0.1) is 4.34 Å². The van der Waals surface area contributed by atoms with Crippen molar-refractivity contribution in [2.24, 2.45) is 0 Å². The van der Waals surface area contributed by atoms with Crippen LogP contribution < -0.4 is 0 Å². The van der Waals surface area contributed by atoms with Gasteiger partial charge in [0.1, 0.15) is 12.2 Å². The molecule has 12 heteroatoms. The Balaban J connectivity index is 1.89. The molecule has 2 aliphatic rings. The molecule has 1 fully saturated rings. The van der Waals surface area contributed by atoms with Crippen molar-refractivity contribution in [1.29, 1.82) is 0 Å². The van der Waals surface area contributed by atoms with E-state index in [1.165, 1.54) is 6.07 Å². The highest BCUT2D eigenvalue weighted by Crippen LogP contribution is 2.52. The number of likely N-dealkylation sites (tertiary alicyclic amines) is 1. The number of thiophene rings is 1. The largest absolute Gasteiger partial charge is 0.479 e. The Morgan fingerprint density at radius 3 is 2.44 bits per heavy atom. The maximum Gasteiger partial charge on any atom is 0.355 e. The summed E-state index contributed by atoms with van der Waals surface area (Å²) in [4.78, 5) is 23.6. The number of carbonyl (C=O) groups is 2. The highest BCUT2D eigenvalue weighted by molar-refractivity contribution is 7.16. The lowest BCUT2D eigenvalue weighted by Gasteiger charge is -2.48. The second-order valence-electron chi connectivity index (χ2n) is 6.54. The summed E-state index contributed by atoms with van der Waals surface area (Å²) in [7, 11) is 0. The molecule has 1 saturated heterocycles. The van der Waals surface area contributed by atoms with E-state index in [0.717, 1.165) is 16.2 Å². The molecular formula is C15H16ClF2NO7S. The van der Waals surface area contributed by atoms with Crippen LogP contribution in [0.4, 0.5) is 8.78 Å². The van der Waals surface area contributed by atoms with Crippen molar-refractivity contribution < 1.29 is 43.5 Å². The molecule has 3 heterocycles. The Labute approximate surface area is 160 Å². The summed E-state index contributed by atoms with van der Waals surface area (Å²) in [6.07, 6.45) is -2.57. The molecule has 4 N–H and O–H groups in total. The van der Waals surface area contributed by atoms with Crippen LogP contribution in [0, 0.1) is 0 Å². The summed E-state index contributed by atoms with van der Waals surface area (Å²) in [5.41, 5.74) is -4.43. The quantitative estimate of drug-likeness (QED) is 0.561. The number of alkyl halides is 2. The molecule has 27 heavy (non-hydrogen) atoms. The zero-order chi connectivity index (χ0) is 20.2. The van der Waals surface area contributed by atoms with Crippen LogP contribution in [-0.2, 0) is 25.8 Å². The van der Waals surface area contributed by atoms with Crippen molar-refractivity contribution in [3.05, 3.63) is 20.8 Å². The number of fused-ring (bicyclic) bond motifs is 2. The molecule has 2 aliphatic heterocycles. The first-order chi connectivity index (χ1) is 12.4. The topological polar surface area (TPSA) is 128 Å². The molecule has 1 aromatic heterocycles. The molecule has 0 saturated carbocycles. The molecule has 150 valence electrons. The predicted octanol–water partition coefficient (Wildman–Crippen LogP) is 1.03. The van der Waals surface area contributed by atoms with E-state index in [4.69, 9.17) is 21.4 Å². The molecular weight excluding hydrogens is 412 g/mol. The zero-order valence-electron chi connectivity index (χ0n) is 13.7. The molecule has 2 unspecified atom stereocenters. The van der Waals surface area contributed by atoms with E-state index >= 15 is 0 Å². The molecule has 3 rings (SSSR count). The number of halogens is 3. The van der Waals surface area contributed by atoms with Gasteiger partial charge in [-0.3, -0.25) is 4.90 Å². The molecule has 0 bridgehead atoms. The van der Waals surface area contributed by atoms with Crippen LogP contribution in [0.25, 0.3) is 0 Å². The SMILES string of the molecule is O=C(O)C(O)C(O)(C(=O)O)N1CCC2(CC1)OCC(F)(F)c1cc(Cl)sc12. The number of nitrogens with zero attached hydrogens (tertiary/aromatic N) is 1. The Morgan fingerprint density at radius 1 is 1.33 bits per heavy atom. The highest BCUT2D eigenvalue weighted by Gasteiger charge is 2.57. The summed E-state index contributed by atoms with van der Waals surface area (Å²) >= 11 is 6.85. The average Bonchev–Trinajstić information content (AvgIpc) is 3.02. The monoisotopic (exact) mass is 427 g/mol. The van der Waals surface area contributed by atoms with Crippen molar-refractivity contribution in [2.45, 2.75) is 36.2 Å². The van der Waals surface area contributed by atoms with Gasteiger partial charge < -0.3 is 25.2 Å². The minimum absolute atomic E-state index is 0.00878. The van der Waals surface area contributed by atoms with Crippen LogP contribution in [-0.4, -0.2) is 68.8 Å². The third-order valence-corrected chi connectivity index (χ3v) is 6.47. The van der Waals surface area contributed by atoms with Crippen LogP contribution in [0.15, 0.2) is 6.07 Å². The summed E-state index contributed by atoms with van der Waals surface area (Å²) in [6.45, 7) is -1.27. The molecule has 1 aromatic rings. The summed E-state index contributed by atoms with van der Waals surface area (Å²) in [6, 6.07) is 1.18. The zero-order valence-corrected chi connectivity index (χ0v) is 15.3. The molecule has 0 amide bonds. The normalized spacial score (nSPS) is 24.8. The maximum atomic E-state index is 14.1. The lowest BCUT2D eigenvalue weighted by atomic mass is 9.83. The standard InChI is InChI=1S/C15H16ClF2NO7S/c16-8-5-7-10(27-8)13(26-6-14(7,17)18)1-3-19(4-2-13)15(25,12(23)24)9(20)11(21)22/h5,9,20,25H,1-4,6H2,(H,21,22)(H,23,24). The number of carboxylic acids is 2. The number of rotatable bonds is 4. The van der Waals surface area contributed by atoms with E-state index in [1.807, 2.05) is 0 Å². The third-order valence-electron chi connectivity index (χ3n) is 5.02. The average molecular weight is 428 g/mol. The van der Waals surface area contributed by atoms with Crippen molar-refractivity contribution in [3.8, 4) is 0 Å². The number of aliphatic carboxylic acids is 2. The summed E-state index contributed by atoms with van der Waals surface area (Å²) in [5, 5.41) is 38.2. The van der Waals surface area contributed by atoms with Crippen molar-refractivity contribution in [1.82, 2.24) is 4.90 Å². The van der Waals surface area contributed by atoms with Crippen LogP contribution in [0.1, 0.15) is 23.3 Å². The Bertz CT molecular complexity index is 780. The molecule has 0 aromatic carbocycles. The van der Waals surface area contributed by atoms with Gasteiger partial charge >= 0.3 is 11.9 Å². The van der Waals surface area contributed by atoms with E-state index in [2.05, 4.69) is 0 Å². The molecule has 0 aliphatic carbocycles. The maximum absolute atomic E-state index is 14.1. The molecule has 2 atom stereocenters. The second-order valence-corrected chi connectivity index (χ2v) is 8.22. The van der Waals surface area contributed by atoms with E-state index in [1.54, 1.807) is 0 Å². The number of hydrogen-bond donors (Lipinski definition) is 4. The Hall–Kier alpha value is -1.37. The molecule has 8 nitrogen and oxygen atoms in total. The highest BCUT2D eigenvalue weighted by atomic mass is 35.5. The van der Waals surface area contributed by atoms with E-state index in [9.17, 15) is 33.7 Å². The summed E-state index contributed by atoms with van der Waals surface area (Å²) in [5.74, 6) is -7.03.